The molecule has 1 rings (SSSR count). The van der Waals surface area contributed by atoms with Gasteiger partial charge in [0.15, 0.2) is 0 Å². The standard InChI is InChI=1S/C13H18FNO3S/c1-9(19(2)18)5-6-15-8-11-7-10(13(16)17)3-4-12(11)14/h3-4,7,9,15H,5-6,8H2,1-2H3,(H,16,17). The van der Waals surface area contributed by atoms with Gasteiger partial charge in [0.2, 0.25) is 0 Å². The Labute approximate surface area is 114 Å². The van der Waals surface area contributed by atoms with Crippen LogP contribution in [-0.4, -0.2) is 33.3 Å². The molecule has 0 saturated carbocycles. The quantitative estimate of drug-likeness (QED) is 0.750. The molecule has 0 heterocycles. The molecule has 0 aliphatic heterocycles. The van der Waals surface area contributed by atoms with Gasteiger partial charge in [-0.25, -0.2) is 9.18 Å². The van der Waals surface area contributed by atoms with Gasteiger partial charge in [0.05, 0.1) is 5.56 Å². The van der Waals surface area contributed by atoms with E-state index >= 15 is 0 Å². The Hall–Kier alpha value is -1.27. The van der Waals surface area contributed by atoms with Crippen LogP contribution in [0.15, 0.2) is 18.2 Å². The van der Waals surface area contributed by atoms with Gasteiger partial charge in [-0.05, 0) is 31.2 Å². The van der Waals surface area contributed by atoms with Crippen LogP contribution in [0.4, 0.5) is 4.39 Å². The van der Waals surface area contributed by atoms with E-state index in [1.807, 2.05) is 6.92 Å². The summed E-state index contributed by atoms with van der Waals surface area (Å²) in [6, 6.07) is 3.72. The number of rotatable bonds is 7. The van der Waals surface area contributed by atoms with Crippen molar-refractivity contribution in [1.82, 2.24) is 5.32 Å². The van der Waals surface area contributed by atoms with E-state index in [1.165, 1.54) is 12.1 Å². The zero-order valence-electron chi connectivity index (χ0n) is 11.0. The van der Waals surface area contributed by atoms with Gasteiger partial charge in [-0.1, -0.05) is 6.92 Å². The molecule has 19 heavy (non-hydrogen) atoms. The molecule has 0 spiro atoms. The van der Waals surface area contributed by atoms with Gasteiger partial charge in [0.1, 0.15) is 5.82 Å². The third-order valence-corrected chi connectivity index (χ3v) is 4.27. The minimum Gasteiger partial charge on any atom is -0.478 e. The zero-order valence-corrected chi connectivity index (χ0v) is 11.8. The molecule has 1 aromatic carbocycles. The summed E-state index contributed by atoms with van der Waals surface area (Å²) in [5.41, 5.74) is 0.395. The van der Waals surface area contributed by atoms with Crippen LogP contribution in [0, 0.1) is 5.82 Å². The van der Waals surface area contributed by atoms with Crippen molar-refractivity contribution in [3.05, 3.63) is 35.1 Å². The van der Waals surface area contributed by atoms with Crippen molar-refractivity contribution in [1.29, 1.82) is 0 Å². The number of hydrogen-bond acceptors (Lipinski definition) is 3. The highest BCUT2D eigenvalue weighted by molar-refractivity contribution is 7.84. The second-order valence-corrected chi connectivity index (χ2v) is 6.19. The van der Waals surface area contributed by atoms with E-state index in [-0.39, 0.29) is 17.4 Å². The molecule has 0 aromatic heterocycles. The fourth-order valence-electron chi connectivity index (χ4n) is 1.54. The summed E-state index contributed by atoms with van der Waals surface area (Å²) in [7, 11) is -0.864. The van der Waals surface area contributed by atoms with Crippen LogP contribution in [0.3, 0.4) is 0 Å². The molecule has 0 radical (unpaired) electrons. The third-order valence-electron chi connectivity index (χ3n) is 2.90. The van der Waals surface area contributed by atoms with Crippen LogP contribution in [-0.2, 0) is 17.3 Å². The van der Waals surface area contributed by atoms with Crippen LogP contribution < -0.4 is 5.32 Å². The van der Waals surface area contributed by atoms with Crippen molar-refractivity contribution in [3.63, 3.8) is 0 Å². The first-order valence-electron chi connectivity index (χ1n) is 5.96. The molecule has 2 unspecified atom stereocenters. The molecular weight excluding hydrogens is 269 g/mol. The zero-order chi connectivity index (χ0) is 14.4. The third kappa shape index (κ3) is 5.08. The Morgan fingerprint density at radius 1 is 1.53 bits per heavy atom. The molecule has 2 N–H and O–H groups in total. The van der Waals surface area contributed by atoms with Crippen LogP contribution in [0.1, 0.15) is 29.3 Å². The summed E-state index contributed by atoms with van der Waals surface area (Å²) in [5, 5.41) is 11.9. The minimum absolute atomic E-state index is 0.0706. The summed E-state index contributed by atoms with van der Waals surface area (Å²) in [5.74, 6) is -1.50. The van der Waals surface area contributed by atoms with Gasteiger partial charge in [-0.2, -0.15) is 0 Å². The normalized spacial score (nSPS) is 14.1. The Bertz CT molecular complexity index is 479. The number of carboxylic acid groups (broad SMARTS) is 1. The minimum atomic E-state index is -1.07. The highest BCUT2D eigenvalue weighted by Crippen LogP contribution is 2.10. The topological polar surface area (TPSA) is 66.4 Å². The van der Waals surface area contributed by atoms with Crippen molar-refractivity contribution in [2.45, 2.75) is 25.1 Å². The monoisotopic (exact) mass is 287 g/mol. The van der Waals surface area contributed by atoms with E-state index in [4.69, 9.17) is 5.11 Å². The lowest BCUT2D eigenvalue weighted by Gasteiger charge is -2.10. The van der Waals surface area contributed by atoms with Gasteiger partial charge in [0.25, 0.3) is 0 Å². The average molecular weight is 287 g/mol. The molecule has 4 nitrogen and oxygen atoms in total. The lowest BCUT2D eigenvalue weighted by atomic mass is 10.1. The first kappa shape index (κ1) is 15.8. The van der Waals surface area contributed by atoms with E-state index in [9.17, 15) is 13.4 Å². The van der Waals surface area contributed by atoms with E-state index in [2.05, 4.69) is 5.32 Å². The maximum absolute atomic E-state index is 13.5. The predicted octanol–water partition coefficient (Wildman–Crippen LogP) is 1.77. The summed E-state index contributed by atoms with van der Waals surface area (Å²) < 4.78 is 24.6. The van der Waals surface area contributed by atoms with Crippen molar-refractivity contribution < 1.29 is 18.5 Å². The molecule has 1 aromatic rings. The van der Waals surface area contributed by atoms with Gasteiger partial charge < -0.3 is 10.4 Å². The van der Waals surface area contributed by atoms with Crippen LogP contribution in [0.2, 0.25) is 0 Å². The highest BCUT2D eigenvalue weighted by Gasteiger charge is 2.09. The summed E-state index contributed by atoms with van der Waals surface area (Å²) in [6.45, 7) is 2.76. The van der Waals surface area contributed by atoms with Crippen molar-refractivity contribution in [2.75, 3.05) is 12.8 Å². The largest absolute Gasteiger partial charge is 0.478 e. The first-order chi connectivity index (χ1) is 8.91. The number of carbonyl (C=O) groups is 1. The summed E-state index contributed by atoms with van der Waals surface area (Å²) in [4.78, 5) is 10.8. The van der Waals surface area contributed by atoms with Crippen molar-refractivity contribution in [2.24, 2.45) is 0 Å². The molecule has 106 valence electrons. The fourth-order valence-corrected chi connectivity index (χ4v) is 1.99. The highest BCUT2D eigenvalue weighted by atomic mass is 32.2. The average Bonchev–Trinajstić information content (AvgIpc) is 2.35. The van der Waals surface area contributed by atoms with E-state index in [0.717, 1.165) is 12.5 Å². The lowest BCUT2D eigenvalue weighted by molar-refractivity contribution is 0.0696. The maximum Gasteiger partial charge on any atom is 0.335 e. The van der Waals surface area contributed by atoms with Crippen LogP contribution in [0.5, 0.6) is 0 Å². The van der Waals surface area contributed by atoms with Gasteiger partial charge in [-0.3, -0.25) is 4.21 Å². The number of halogens is 1. The maximum atomic E-state index is 13.5. The first-order valence-corrected chi connectivity index (χ1v) is 7.58. The number of benzene rings is 1. The van der Waals surface area contributed by atoms with Gasteiger partial charge in [-0.15, -0.1) is 0 Å². The number of carboxylic acids is 1. The molecule has 2 atom stereocenters. The van der Waals surface area contributed by atoms with Crippen molar-refractivity contribution in [3.8, 4) is 0 Å². The Morgan fingerprint density at radius 2 is 2.21 bits per heavy atom. The molecule has 0 saturated heterocycles. The van der Waals surface area contributed by atoms with Crippen LogP contribution >= 0.6 is 0 Å². The molecule has 6 heteroatoms. The number of nitrogens with one attached hydrogen (secondary N) is 1. The van der Waals surface area contributed by atoms with Crippen molar-refractivity contribution >= 4 is 16.8 Å². The molecule has 0 fully saturated rings. The number of aromatic carboxylic acids is 1. The second kappa shape index (κ2) is 7.35. The van der Waals surface area contributed by atoms with Gasteiger partial charge in [0, 0.05) is 34.4 Å². The lowest BCUT2D eigenvalue weighted by Crippen LogP contribution is -2.21. The molecule has 0 bridgehead atoms. The van der Waals surface area contributed by atoms with E-state index in [1.54, 1.807) is 6.26 Å². The van der Waals surface area contributed by atoms with E-state index in [0.29, 0.717) is 12.1 Å². The van der Waals surface area contributed by atoms with Gasteiger partial charge >= 0.3 is 5.97 Å². The molecule has 0 aliphatic rings. The Kier molecular flexibility index (Phi) is 6.11. The molecular formula is C13H18FNO3S. The Balaban J connectivity index is 2.51. The Morgan fingerprint density at radius 3 is 2.79 bits per heavy atom. The van der Waals surface area contributed by atoms with Crippen LogP contribution in [0.25, 0.3) is 0 Å². The SMILES string of the molecule is CC(CCNCc1cc(C(=O)O)ccc1F)S(C)=O. The molecule has 0 aliphatic carbocycles. The predicted molar refractivity (Wildman–Crippen MR) is 73.2 cm³/mol. The fraction of sp³-hybridized carbons (Fsp3) is 0.462. The smallest absolute Gasteiger partial charge is 0.335 e. The summed E-state index contributed by atoms with van der Waals surface area (Å²) >= 11 is 0. The molecule has 0 amide bonds. The second-order valence-electron chi connectivity index (χ2n) is 4.39. The summed E-state index contributed by atoms with van der Waals surface area (Å²) in [6.07, 6.45) is 2.38. The van der Waals surface area contributed by atoms with E-state index < -0.39 is 22.6 Å². The number of hydrogen-bond donors (Lipinski definition) is 2.